The largest absolute Gasteiger partial charge is 0.301 e. The first kappa shape index (κ1) is 10.2. The smallest absolute Gasteiger partial charge is 0.139 e. The molecule has 2 nitrogen and oxygen atoms in total. The first-order chi connectivity index (χ1) is 6.61. The van der Waals surface area contributed by atoms with Crippen molar-refractivity contribution in [3.63, 3.8) is 0 Å². The summed E-state index contributed by atoms with van der Waals surface area (Å²) in [5, 5.41) is 0. The Morgan fingerprint density at radius 2 is 1.71 bits per heavy atom. The minimum absolute atomic E-state index is 0.249. The molecule has 2 rings (SSSR count). The second-order valence-corrected chi connectivity index (χ2v) is 5.46. The average Bonchev–Trinajstić information content (AvgIpc) is 2.77. The van der Waals surface area contributed by atoms with E-state index in [1.807, 2.05) is 0 Å². The Hall–Kier alpha value is -0.370. The summed E-state index contributed by atoms with van der Waals surface area (Å²) in [7, 11) is 0. The molecule has 0 bridgehead atoms. The van der Waals surface area contributed by atoms with E-state index >= 15 is 0 Å². The van der Waals surface area contributed by atoms with Crippen molar-refractivity contribution in [3.05, 3.63) is 0 Å². The highest BCUT2D eigenvalue weighted by molar-refractivity contribution is 5.63. The maximum atomic E-state index is 11.1. The van der Waals surface area contributed by atoms with E-state index in [0.717, 1.165) is 12.8 Å². The van der Waals surface area contributed by atoms with Gasteiger partial charge in [-0.1, -0.05) is 12.8 Å². The van der Waals surface area contributed by atoms with Crippen molar-refractivity contribution in [3.8, 4) is 0 Å². The van der Waals surface area contributed by atoms with Crippen molar-refractivity contribution < 1.29 is 4.79 Å². The normalized spacial score (nSPS) is 27.3. The van der Waals surface area contributed by atoms with Crippen LogP contribution in [0.4, 0.5) is 0 Å². The van der Waals surface area contributed by atoms with E-state index in [1.165, 1.54) is 38.5 Å². The number of carbonyl (C=O) groups excluding carboxylic acids is 1. The lowest BCUT2D eigenvalue weighted by Gasteiger charge is -2.43. The van der Waals surface area contributed by atoms with E-state index in [0.29, 0.717) is 5.54 Å². The highest BCUT2D eigenvalue weighted by atomic mass is 16.1. The second kappa shape index (κ2) is 3.34. The van der Waals surface area contributed by atoms with Gasteiger partial charge in [-0.3, -0.25) is 4.90 Å². The molecule has 2 fully saturated rings. The van der Waals surface area contributed by atoms with Crippen LogP contribution >= 0.6 is 0 Å². The monoisotopic (exact) mass is 195 g/mol. The van der Waals surface area contributed by atoms with Gasteiger partial charge in [0.2, 0.25) is 0 Å². The van der Waals surface area contributed by atoms with Crippen molar-refractivity contribution in [2.75, 3.05) is 6.54 Å². The highest BCUT2D eigenvalue weighted by Gasteiger charge is 2.48. The molecule has 2 heteroatoms. The predicted molar refractivity (Wildman–Crippen MR) is 57.3 cm³/mol. The van der Waals surface area contributed by atoms with E-state index in [1.54, 1.807) is 0 Å². The zero-order chi connectivity index (χ0) is 10.2. The molecular weight excluding hydrogens is 174 g/mol. The van der Waals surface area contributed by atoms with Gasteiger partial charge in [-0.15, -0.1) is 0 Å². The van der Waals surface area contributed by atoms with E-state index < -0.39 is 0 Å². The van der Waals surface area contributed by atoms with Crippen LogP contribution in [0.15, 0.2) is 0 Å². The molecule has 0 amide bonds. The van der Waals surface area contributed by atoms with E-state index in [4.69, 9.17) is 0 Å². The van der Waals surface area contributed by atoms with Crippen LogP contribution in [0.3, 0.4) is 0 Å². The fourth-order valence-corrected chi connectivity index (χ4v) is 3.45. The third-order valence-corrected chi connectivity index (χ3v) is 4.11. The number of likely N-dealkylation sites (tertiary alicyclic amines) is 1. The first-order valence-electron chi connectivity index (χ1n) is 5.85. The van der Waals surface area contributed by atoms with Gasteiger partial charge in [-0.25, -0.2) is 0 Å². The lowest BCUT2D eigenvalue weighted by atomic mass is 9.90. The van der Waals surface area contributed by atoms with Crippen LogP contribution in [0.2, 0.25) is 0 Å². The zero-order valence-electron chi connectivity index (χ0n) is 9.38. The topological polar surface area (TPSA) is 20.3 Å². The molecule has 0 atom stereocenters. The van der Waals surface area contributed by atoms with Crippen molar-refractivity contribution in [2.45, 2.75) is 63.5 Å². The number of rotatable bonds is 2. The lowest BCUT2D eigenvalue weighted by molar-refractivity contribution is -0.119. The third-order valence-electron chi connectivity index (χ3n) is 4.11. The highest BCUT2D eigenvalue weighted by Crippen LogP contribution is 2.45. The average molecular weight is 195 g/mol. The number of carbonyl (C=O) groups is 1. The van der Waals surface area contributed by atoms with Crippen molar-refractivity contribution in [2.24, 2.45) is 0 Å². The maximum Gasteiger partial charge on any atom is 0.139 e. The minimum Gasteiger partial charge on any atom is -0.301 e. The molecule has 0 aromatic heterocycles. The first-order valence-corrected chi connectivity index (χ1v) is 5.85. The molecular formula is C12H21NO. The van der Waals surface area contributed by atoms with E-state index in [-0.39, 0.29) is 5.54 Å². The van der Waals surface area contributed by atoms with Gasteiger partial charge in [0.05, 0.1) is 5.54 Å². The standard InChI is InChI=1S/C12H21NO/c1-11(2,10-14)13-9-5-8-12(13)6-3-4-7-12/h10H,3-9H2,1-2H3. The predicted octanol–water partition coefficient (Wildman–Crippen LogP) is 2.37. The summed E-state index contributed by atoms with van der Waals surface area (Å²) in [4.78, 5) is 13.6. The Morgan fingerprint density at radius 1 is 1.14 bits per heavy atom. The van der Waals surface area contributed by atoms with Gasteiger partial charge in [-0.2, -0.15) is 0 Å². The Kier molecular flexibility index (Phi) is 2.42. The van der Waals surface area contributed by atoms with Crippen LogP contribution in [0, 0.1) is 0 Å². The van der Waals surface area contributed by atoms with Gasteiger partial charge in [-0.05, 0) is 46.1 Å². The van der Waals surface area contributed by atoms with Crippen molar-refractivity contribution in [1.29, 1.82) is 0 Å². The van der Waals surface area contributed by atoms with Crippen LogP contribution in [-0.2, 0) is 4.79 Å². The molecule has 0 unspecified atom stereocenters. The Morgan fingerprint density at radius 3 is 2.29 bits per heavy atom. The minimum atomic E-state index is -0.249. The molecule has 1 heterocycles. The van der Waals surface area contributed by atoms with Gasteiger partial charge >= 0.3 is 0 Å². The quantitative estimate of drug-likeness (QED) is 0.630. The molecule has 0 N–H and O–H groups in total. The fourth-order valence-electron chi connectivity index (χ4n) is 3.45. The molecule has 0 radical (unpaired) electrons. The Balaban J connectivity index is 2.22. The Bertz CT molecular complexity index is 223. The summed E-state index contributed by atoms with van der Waals surface area (Å²) < 4.78 is 0. The molecule has 0 aromatic carbocycles. The number of hydrogen-bond donors (Lipinski definition) is 0. The van der Waals surface area contributed by atoms with Crippen molar-refractivity contribution in [1.82, 2.24) is 4.90 Å². The summed E-state index contributed by atoms with van der Waals surface area (Å²) in [6.45, 7) is 5.24. The molecule has 1 aliphatic carbocycles. The zero-order valence-corrected chi connectivity index (χ0v) is 9.38. The van der Waals surface area contributed by atoms with Crippen molar-refractivity contribution >= 4 is 6.29 Å². The molecule has 14 heavy (non-hydrogen) atoms. The van der Waals surface area contributed by atoms with Crippen LogP contribution in [0.25, 0.3) is 0 Å². The van der Waals surface area contributed by atoms with Crippen LogP contribution in [0.1, 0.15) is 52.4 Å². The van der Waals surface area contributed by atoms with E-state index in [2.05, 4.69) is 18.7 Å². The molecule has 1 saturated heterocycles. The van der Waals surface area contributed by atoms with E-state index in [9.17, 15) is 4.79 Å². The lowest BCUT2D eigenvalue weighted by Crippen LogP contribution is -2.54. The van der Waals surface area contributed by atoms with Crippen LogP contribution < -0.4 is 0 Å². The number of aldehydes is 1. The summed E-state index contributed by atoms with van der Waals surface area (Å²) >= 11 is 0. The van der Waals surface area contributed by atoms with Gasteiger partial charge in [0.15, 0.2) is 0 Å². The van der Waals surface area contributed by atoms with Gasteiger partial charge in [0, 0.05) is 5.54 Å². The van der Waals surface area contributed by atoms with Gasteiger partial charge in [0.25, 0.3) is 0 Å². The summed E-state index contributed by atoms with van der Waals surface area (Å²) in [6, 6.07) is 0. The molecule has 1 aliphatic heterocycles. The summed E-state index contributed by atoms with van der Waals surface area (Å²) in [6.07, 6.45) is 9.03. The fraction of sp³-hybridized carbons (Fsp3) is 0.917. The van der Waals surface area contributed by atoms with Crippen LogP contribution in [0.5, 0.6) is 0 Å². The number of nitrogens with zero attached hydrogens (tertiary/aromatic N) is 1. The molecule has 80 valence electrons. The van der Waals surface area contributed by atoms with Crippen LogP contribution in [-0.4, -0.2) is 28.8 Å². The maximum absolute atomic E-state index is 11.1. The molecule has 1 spiro atoms. The number of hydrogen-bond acceptors (Lipinski definition) is 2. The molecule has 0 aromatic rings. The second-order valence-electron chi connectivity index (χ2n) is 5.46. The Labute approximate surface area is 86.7 Å². The summed E-state index contributed by atoms with van der Waals surface area (Å²) in [5.41, 5.74) is 0.144. The molecule has 2 aliphatic rings. The summed E-state index contributed by atoms with van der Waals surface area (Å²) in [5.74, 6) is 0. The SMILES string of the molecule is CC(C)(C=O)N1CCCC12CCCC2. The third kappa shape index (κ3) is 1.40. The van der Waals surface area contributed by atoms with Gasteiger partial charge in [0.1, 0.15) is 6.29 Å². The van der Waals surface area contributed by atoms with Gasteiger partial charge < -0.3 is 4.79 Å². The molecule has 1 saturated carbocycles.